The van der Waals surface area contributed by atoms with Crippen molar-refractivity contribution in [2.24, 2.45) is 5.73 Å². The van der Waals surface area contributed by atoms with Crippen molar-refractivity contribution >= 4 is 28.3 Å². The molecule has 3 rings (SSSR count). The van der Waals surface area contributed by atoms with Crippen LogP contribution in [-0.4, -0.2) is 18.9 Å². The van der Waals surface area contributed by atoms with Gasteiger partial charge in [0.2, 0.25) is 5.91 Å². The van der Waals surface area contributed by atoms with Gasteiger partial charge in [0.15, 0.2) is 0 Å². The summed E-state index contributed by atoms with van der Waals surface area (Å²) < 4.78 is 5.34. The van der Waals surface area contributed by atoms with Gasteiger partial charge in [-0.2, -0.15) is 0 Å². The number of hydrogen-bond acceptors (Lipinski definition) is 3. The minimum absolute atomic E-state index is 0.320. The normalized spacial score (nSPS) is 10.4. The summed E-state index contributed by atoms with van der Waals surface area (Å²) in [6, 6.07) is 17.8. The molecule has 0 fully saturated rings. The molecule has 0 heterocycles. The Morgan fingerprint density at radius 2 is 1.67 bits per heavy atom. The molecule has 3 N–H and O–H groups in total. The van der Waals surface area contributed by atoms with Gasteiger partial charge in [-0.05, 0) is 41.1 Å². The molecule has 3 aromatic rings. The van der Waals surface area contributed by atoms with Crippen LogP contribution in [0, 0.1) is 0 Å². The lowest BCUT2D eigenvalue weighted by atomic mass is 10.1. The van der Waals surface area contributed by atoms with Crippen LogP contribution >= 0.6 is 0 Å². The molecule has 0 unspecified atom stereocenters. The lowest BCUT2D eigenvalue weighted by molar-refractivity contribution is 0.0995. The van der Waals surface area contributed by atoms with Crippen LogP contribution < -0.4 is 15.8 Å². The van der Waals surface area contributed by atoms with Crippen molar-refractivity contribution in [1.29, 1.82) is 0 Å². The van der Waals surface area contributed by atoms with E-state index in [0.29, 0.717) is 22.6 Å². The molecule has 0 bridgehead atoms. The van der Waals surface area contributed by atoms with Crippen LogP contribution in [0.2, 0.25) is 0 Å². The Balaban J connectivity index is 1.96. The highest BCUT2D eigenvalue weighted by atomic mass is 16.5. The number of ether oxygens (including phenoxy) is 1. The van der Waals surface area contributed by atoms with Crippen molar-refractivity contribution in [2.75, 3.05) is 12.4 Å². The Morgan fingerprint density at radius 1 is 0.958 bits per heavy atom. The molecule has 0 aromatic heterocycles. The second kappa shape index (κ2) is 6.42. The standard InChI is InChI=1S/C19H16N2O3/c1-24-17-11-13-6-3-2-5-12(13)10-16(17)19(23)21-15-8-4-7-14(9-15)18(20)22/h2-11H,1H3,(H2,20,22)(H,21,23). The first kappa shape index (κ1) is 15.6. The molecule has 0 spiro atoms. The van der Waals surface area contributed by atoms with Gasteiger partial charge in [0, 0.05) is 11.3 Å². The minimum Gasteiger partial charge on any atom is -0.496 e. The Kier molecular flexibility index (Phi) is 4.16. The predicted molar refractivity (Wildman–Crippen MR) is 93.4 cm³/mol. The Hall–Kier alpha value is -3.34. The van der Waals surface area contributed by atoms with Gasteiger partial charge >= 0.3 is 0 Å². The number of amides is 2. The third-order valence-corrected chi connectivity index (χ3v) is 3.72. The number of benzene rings is 3. The Labute approximate surface area is 139 Å². The van der Waals surface area contributed by atoms with Crippen molar-refractivity contribution in [2.45, 2.75) is 0 Å². The number of nitrogens with one attached hydrogen (secondary N) is 1. The number of carbonyl (C=O) groups is 2. The van der Waals surface area contributed by atoms with Crippen LogP contribution in [0.25, 0.3) is 10.8 Å². The molecule has 0 saturated carbocycles. The van der Waals surface area contributed by atoms with E-state index in [9.17, 15) is 9.59 Å². The lowest BCUT2D eigenvalue weighted by Gasteiger charge is -2.11. The van der Waals surface area contributed by atoms with Crippen molar-refractivity contribution in [3.63, 3.8) is 0 Å². The molecular formula is C19H16N2O3. The van der Waals surface area contributed by atoms with Gasteiger partial charge in [0.25, 0.3) is 5.91 Å². The number of methoxy groups -OCH3 is 1. The number of fused-ring (bicyclic) bond motifs is 1. The largest absolute Gasteiger partial charge is 0.496 e. The van der Waals surface area contributed by atoms with Crippen LogP contribution in [0.5, 0.6) is 5.75 Å². The average Bonchev–Trinajstić information content (AvgIpc) is 2.60. The third-order valence-electron chi connectivity index (χ3n) is 3.72. The van der Waals surface area contributed by atoms with Crippen LogP contribution in [0.4, 0.5) is 5.69 Å². The molecule has 0 aliphatic heterocycles. The van der Waals surface area contributed by atoms with E-state index in [0.717, 1.165) is 10.8 Å². The van der Waals surface area contributed by atoms with Gasteiger partial charge in [-0.25, -0.2) is 0 Å². The highest BCUT2D eigenvalue weighted by Crippen LogP contribution is 2.26. The van der Waals surface area contributed by atoms with E-state index >= 15 is 0 Å². The molecular weight excluding hydrogens is 304 g/mol. The zero-order chi connectivity index (χ0) is 17.1. The summed E-state index contributed by atoms with van der Waals surface area (Å²) in [5, 5.41) is 4.69. The van der Waals surface area contributed by atoms with Crippen LogP contribution in [0.15, 0.2) is 60.7 Å². The first-order valence-electron chi connectivity index (χ1n) is 7.36. The molecule has 5 nitrogen and oxygen atoms in total. The summed E-state index contributed by atoms with van der Waals surface area (Å²) in [4.78, 5) is 23.9. The van der Waals surface area contributed by atoms with Crippen molar-refractivity contribution in [3.05, 3.63) is 71.8 Å². The average molecular weight is 320 g/mol. The smallest absolute Gasteiger partial charge is 0.259 e. The maximum atomic E-state index is 12.6. The second-order valence-corrected chi connectivity index (χ2v) is 5.30. The number of hydrogen-bond donors (Lipinski definition) is 2. The number of primary amides is 1. The summed E-state index contributed by atoms with van der Waals surface area (Å²) in [5.41, 5.74) is 6.50. The maximum absolute atomic E-state index is 12.6. The fourth-order valence-electron chi connectivity index (χ4n) is 2.51. The molecule has 5 heteroatoms. The molecule has 3 aromatic carbocycles. The van der Waals surface area contributed by atoms with Gasteiger partial charge < -0.3 is 15.8 Å². The molecule has 0 atom stereocenters. The van der Waals surface area contributed by atoms with Crippen molar-refractivity contribution < 1.29 is 14.3 Å². The fourth-order valence-corrected chi connectivity index (χ4v) is 2.51. The molecule has 120 valence electrons. The zero-order valence-corrected chi connectivity index (χ0v) is 13.1. The van der Waals surface area contributed by atoms with Crippen LogP contribution in [0.3, 0.4) is 0 Å². The van der Waals surface area contributed by atoms with E-state index in [-0.39, 0.29) is 5.91 Å². The van der Waals surface area contributed by atoms with Crippen molar-refractivity contribution in [3.8, 4) is 5.75 Å². The lowest BCUT2D eigenvalue weighted by Crippen LogP contribution is -2.15. The van der Waals surface area contributed by atoms with E-state index < -0.39 is 5.91 Å². The van der Waals surface area contributed by atoms with E-state index in [1.54, 1.807) is 24.3 Å². The van der Waals surface area contributed by atoms with Crippen LogP contribution in [0.1, 0.15) is 20.7 Å². The fraction of sp³-hybridized carbons (Fsp3) is 0.0526. The highest BCUT2D eigenvalue weighted by molar-refractivity contribution is 6.09. The molecule has 0 saturated heterocycles. The summed E-state index contributed by atoms with van der Waals surface area (Å²) in [6.45, 7) is 0. The Bertz CT molecular complexity index is 935. The highest BCUT2D eigenvalue weighted by Gasteiger charge is 2.14. The zero-order valence-electron chi connectivity index (χ0n) is 13.1. The van der Waals surface area contributed by atoms with Gasteiger partial charge in [0.1, 0.15) is 5.75 Å². The number of nitrogens with two attached hydrogens (primary N) is 1. The van der Waals surface area contributed by atoms with Gasteiger partial charge in [-0.15, -0.1) is 0 Å². The topological polar surface area (TPSA) is 81.4 Å². The van der Waals surface area contributed by atoms with Gasteiger partial charge in [0.05, 0.1) is 12.7 Å². The molecule has 24 heavy (non-hydrogen) atoms. The number of rotatable bonds is 4. The number of carbonyl (C=O) groups excluding carboxylic acids is 2. The quantitative estimate of drug-likeness (QED) is 0.774. The maximum Gasteiger partial charge on any atom is 0.259 e. The van der Waals surface area contributed by atoms with E-state index in [1.165, 1.54) is 13.2 Å². The van der Waals surface area contributed by atoms with E-state index in [4.69, 9.17) is 10.5 Å². The Morgan fingerprint density at radius 3 is 2.33 bits per heavy atom. The molecule has 0 radical (unpaired) electrons. The minimum atomic E-state index is -0.547. The summed E-state index contributed by atoms with van der Waals surface area (Å²) in [7, 11) is 1.52. The number of anilines is 1. The SMILES string of the molecule is COc1cc2ccccc2cc1C(=O)Nc1cccc(C(N)=O)c1. The van der Waals surface area contributed by atoms with Gasteiger partial charge in [-0.3, -0.25) is 9.59 Å². The predicted octanol–water partition coefficient (Wildman–Crippen LogP) is 3.20. The molecule has 0 aliphatic rings. The van der Waals surface area contributed by atoms with E-state index in [1.807, 2.05) is 30.3 Å². The second-order valence-electron chi connectivity index (χ2n) is 5.30. The summed E-state index contributed by atoms with van der Waals surface area (Å²) >= 11 is 0. The van der Waals surface area contributed by atoms with E-state index in [2.05, 4.69) is 5.32 Å². The first-order valence-corrected chi connectivity index (χ1v) is 7.36. The van der Waals surface area contributed by atoms with Crippen molar-refractivity contribution in [1.82, 2.24) is 0 Å². The molecule has 0 aliphatic carbocycles. The third kappa shape index (κ3) is 3.05. The van der Waals surface area contributed by atoms with Gasteiger partial charge in [-0.1, -0.05) is 30.3 Å². The monoisotopic (exact) mass is 320 g/mol. The van der Waals surface area contributed by atoms with Crippen LogP contribution in [-0.2, 0) is 0 Å². The molecule has 2 amide bonds. The summed E-state index contributed by atoms with van der Waals surface area (Å²) in [6.07, 6.45) is 0. The summed E-state index contributed by atoms with van der Waals surface area (Å²) in [5.74, 6) is -0.383. The first-order chi connectivity index (χ1) is 11.6.